The van der Waals surface area contributed by atoms with Crippen LogP contribution >= 0.6 is 0 Å². The van der Waals surface area contributed by atoms with E-state index in [1.807, 2.05) is 19.1 Å². The molecule has 0 aliphatic carbocycles. The Morgan fingerprint density at radius 1 is 1.32 bits per heavy atom. The van der Waals surface area contributed by atoms with Crippen molar-refractivity contribution in [1.82, 2.24) is 10.2 Å². The molecule has 0 spiro atoms. The first-order valence-corrected chi connectivity index (χ1v) is 7.84. The van der Waals surface area contributed by atoms with E-state index in [9.17, 15) is 22.8 Å². The number of halogens is 3. The fourth-order valence-corrected chi connectivity index (χ4v) is 2.44. The standard InChI is InChI=1S/C14H20N2O2.C2HF3O2/c1-11(10-12-5-7-15-8-6-12)14(18)16-9-3-2-4-13(16)17;3-2(4,5)1(6)7/h2,4,10,12,15H,3,5-9H2,1H3;(H,6,7)/b11-10-;. The maximum atomic E-state index is 12.2. The van der Waals surface area contributed by atoms with Gasteiger partial charge >= 0.3 is 12.1 Å². The van der Waals surface area contributed by atoms with Gasteiger partial charge in [0.05, 0.1) is 0 Å². The number of carboxylic acids is 1. The minimum atomic E-state index is -5.08. The zero-order valence-electron chi connectivity index (χ0n) is 13.8. The number of aliphatic carboxylic acids is 1. The number of hydrogen-bond donors (Lipinski definition) is 2. The smallest absolute Gasteiger partial charge is 0.475 e. The van der Waals surface area contributed by atoms with Crippen molar-refractivity contribution in [2.75, 3.05) is 19.6 Å². The van der Waals surface area contributed by atoms with Crippen LogP contribution in [0.4, 0.5) is 13.2 Å². The molecule has 2 heterocycles. The lowest BCUT2D eigenvalue weighted by atomic mass is 9.95. The molecule has 0 unspecified atom stereocenters. The number of carbonyl (C=O) groups excluding carboxylic acids is 2. The number of hydrogen-bond acceptors (Lipinski definition) is 4. The van der Waals surface area contributed by atoms with Gasteiger partial charge in [0.15, 0.2) is 0 Å². The highest BCUT2D eigenvalue weighted by molar-refractivity contribution is 6.07. The third-order valence-corrected chi connectivity index (χ3v) is 3.74. The number of rotatable bonds is 2. The number of amides is 2. The van der Waals surface area contributed by atoms with Gasteiger partial charge in [0.1, 0.15) is 0 Å². The lowest BCUT2D eigenvalue weighted by Crippen LogP contribution is -2.39. The average molecular weight is 362 g/mol. The van der Waals surface area contributed by atoms with Crippen LogP contribution in [0, 0.1) is 5.92 Å². The summed E-state index contributed by atoms with van der Waals surface area (Å²) in [6, 6.07) is 0. The van der Waals surface area contributed by atoms with Gasteiger partial charge in [-0.2, -0.15) is 13.2 Å². The Labute approximate surface area is 143 Å². The predicted octanol–water partition coefficient (Wildman–Crippen LogP) is 1.88. The van der Waals surface area contributed by atoms with E-state index in [0.717, 1.165) is 32.4 Å². The monoisotopic (exact) mass is 362 g/mol. The van der Waals surface area contributed by atoms with Crippen LogP contribution in [0.5, 0.6) is 0 Å². The van der Waals surface area contributed by atoms with Crippen LogP contribution in [0.15, 0.2) is 23.8 Å². The summed E-state index contributed by atoms with van der Waals surface area (Å²) in [5, 5.41) is 10.4. The van der Waals surface area contributed by atoms with Crippen molar-refractivity contribution in [2.24, 2.45) is 5.92 Å². The second kappa shape index (κ2) is 9.36. The summed E-state index contributed by atoms with van der Waals surface area (Å²) in [6.07, 6.45) is 3.15. The Morgan fingerprint density at radius 3 is 2.36 bits per heavy atom. The molecule has 0 bridgehead atoms. The Balaban J connectivity index is 0.000000381. The second-order valence-corrected chi connectivity index (χ2v) is 5.73. The summed E-state index contributed by atoms with van der Waals surface area (Å²) < 4.78 is 31.7. The van der Waals surface area contributed by atoms with Crippen LogP contribution in [0.2, 0.25) is 0 Å². The Bertz CT molecular complexity index is 564. The molecule has 9 heteroatoms. The van der Waals surface area contributed by atoms with Gasteiger partial charge in [-0.15, -0.1) is 0 Å². The number of allylic oxidation sites excluding steroid dienone is 1. The van der Waals surface area contributed by atoms with Gasteiger partial charge < -0.3 is 10.4 Å². The van der Waals surface area contributed by atoms with Crippen molar-refractivity contribution in [3.05, 3.63) is 23.8 Å². The molecule has 1 fully saturated rings. The largest absolute Gasteiger partial charge is 0.490 e. The quantitative estimate of drug-likeness (QED) is 0.733. The first kappa shape index (κ1) is 20.9. The van der Waals surface area contributed by atoms with E-state index in [1.165, 1.54) is 11.0 Å². The van der Waals surface area contributed by atoms with Crippen molar-refractivity contribution in [3.63, 3.8) is 0 Å². The molecule has 2 amide bonds. The van der Waals surface area contributed by atoms with Crippen LogP contribution in [-0.2, 0) is 14.4 Å². The minimum Gasteiger partial charge on any atom is -0.475 e. The van der Waals surface area contributed by atoms with Crippen molar-refractivity contribution >= 4 is 17.8 Å². The van der Waals surface area contributed by atoms with Gasteiger partial charge in [0.2, 0.25) is 0 Å². The van der Waals surface area contributed by atoms with E-state index in [4.69, 9.17) is 9.90 Å². The summed E-state index contributed by atoms with van der Waals surface area (Å²) >= 11 is 0. The molecule has 0 radical (unpaired) electrons. The number of nitrogens with one attached hydrogen (secondary N) is 1. The maximum absolute atomic E-state index is 12.2. The molecule has 140 valence electrons. The van der Waals surface area contributed by atoms with E-state index >= 15 is 0 Å². The Morgan fingerprint density at radius 2 is 1.88 bits per heavy atom. The highest BCUT2D eigenvalue weighted by Crippen LogP contribution is 2.17. The van der Waals surface area contributed by atoms with E-state index in [2.05, 4.69) is 5.32 Å². The first-order valence-electron chi connectivity index (χ1n) is 7.84. The molecule has 2 N–H and O–H groups in total. The van der Waals surface area contributed by atoms with Gasteiger partial charge in [-0.05, 0) is 51.3 Å². The fraction of sp³-hybridized carbons (Fsp3) is 0.562. The number of piperidine rings is 1. The topological polar surface area (TPSA) is 86.7 Å². The minimum absolute atomic E-state index is 0.136. The molecule has 2 rings (SSSR count). The molecule has 0 atom stereocenters. The molecule has 1 saturated heterocycles. The van der Waals surface area contributed by atoms with Crippen LogP contribution in [0.25, 0.3) is 0 Å². The number of nitrogens with zero attached hydrogens (tertiary/aromatic N) is 1. The van der Waals surface area contributed by atoms with Crippen LogP contribution in [-0.4, -0.2) is 53.6 Å². The Kier molecular flexibility index (Phi) is 7.82. The molecular weight excluding hydrogens is 341 g/mol. The average Bonchev–Trinajstić information content (AvgIpc) is 2.55. The van der Waals surface area contributed by atoms with E-state index < -0.39 is 12.1 Å². The molecule has 6 nitrogen and oxygen atoms in total. The van der Waals surface area contributed by atoms with Crippen LogP contribution < -0.4 is 5.32 Å². The van der Waals surface area contributed by atoms with Crippen LogP contribution in [0.1, 0.15) is 26.2 Å². The lowest BCUT2D eigenvalue weighted by molar-refractivity contribution is -0.192. The first-order chi connectivity index (χ1) is 11.6. The summed E-state index contributed by atoms with van der Waals surface area (Å²) in [5.74, 6) is -2.62. The van der Waals surface area contributed by atoms with Crippen molar-refractivity contribution < 1.29 is 32.7 Å². The van der Waals surface area contributed by atoms with Crippen LogP contribution in [0.3, 0.4) is 0 Å². The number of imide groups is 1. The van der Waals surface area contributed by atoms with Gasteiger partial charge in [0, 0.05) is 12.1 Å². The molecule has 0 saturated carbocycles. The number of carboxylic acid groups (broad SMARTS) is 1. The highest BCUT2D eigenvalue weighted by Gasteiger charge is 2.38. The van der Waals surface area contributed by atoms with Gasteiger partial charge in [-0.3, -0.25) is 14.5 Å². The lowest BCUT2D eigenvalue weighted by Gasteiger charge is -2.24. The molecule has 25 heavy (non-hydrogen) atoms. The number of alkyl halides is 3. The SMILES string of the molecule is C/C(=C/C1CCNCC1)C(=O)N1CCC=CC1=O.O=C(O)C(F)(F)F. The van der Waals surface area contributed by atoms with Gasteiger partial charge in [0.25, 0.3) is 11.8 Å². The molecular formula is C16H21F3N2O4. The molecule has 2 aliphatic heterocycles. The van der Waals surface area contributed by atoms with E-state index in [-0.39, 0.29) is 11.8 Å². The Hall–Kier alpha value is -2.16. The highest BCUT2D eigenvalue weighted by atomic mass is 19.4. The third-order valence-electron chi connectivity index (χ3n) is 3.74. The van der Waals surface area contributed by atoms with E-state index in [1.54, 1.807) is 0 Å². The van der Waals surface area contributed by atoms with Crippen molar-refractivity contribution in [3.8, 4) is 0 Å². The zero-order chi connectivity index (χ0) is 19.0. The number of carbonyl (C=O) groups is 3. The fourth-order valence-electron chi connectivity index (χ4n) is 2.44. The molecule has 0 aromatic heterocycles. The summed E-state index contributed by atoms with van der Waals surface area (Å²) in [7, 11) is 0. The van der Waals surface area contributed by atoms with Gasteiger partial charge in [-0.1, -0.05) is 12.2 Å². The summed E-state index contributed by atoms with van der Waals surface area (Å²) in [4.78, 5) is 34.0. The normalized spacial score (nSPS) is 19.3. The predicted molar refractivity (Wildman–Crippen MR) is 83.5 cm³/mol. The van der Waals surface area contributed by atoms with E-state index in [0.29, 0.717) is 18.0 Å². The maximum Gasteiger partial charge on any atom is 0.490 e. The third kappa shape index (κ3) is 7.08. The van der Waals surface area contributed by atoms with Crippen molar-refractivity contribution in [1.29, 1.82) is 0 Å². The molecule has 0 aromatic carbocycles. The van der Waals surface area contributed by atoms with Crippen molar-refractivity contribution in [2.45, 2.75) is 32.4 Å². The van der Waals surface area contributed by atoms with Gasteiger partial charge in [-0.25, -0.2) is 4.79 Å². The molecule has 2 aliphatic rings. The molecule has 0 aromatic rings. The zero-order valence-corrected chi connectivity index (χ0v) is 13.8. The summed E-state index contributed by atoms with van der Waals surface area (Å²) in [5.41, 5.74) is 0.700. The second-order valence-electron chi connectivity index (χ2n) is 5.73. The summed E-state index contributed by atoms with van der Waals surface area (Å²) in [6.45, 7) is 4.34.